The molecule has 0 saturated carbocycles. The number of nitro benzene ring substituents is 1. The number of benzene rings is 1. The van der Waals surface area contributed by atoms with Gasteiger partial charge in [-0.25, -0.2) is 0 Å². The molecule has 1 aliphatic heterocycles. The lowest BCUT2D eigenvalue weighted by atomic mass is 10.1. The van der Waals surface area contributed by atoms with E-state index in [9.17, 15) is 19.3 Å². The molecule has 102 valence electrons. The minimum Gasteiger partial charge on any atom is -0.379 e. The number of rotatable bonds is 3. The van der Waals surface area contributed by atoms with Gasteiger partial charge in [0.25, 0.3) is 0 Å². The predicted molar refractivity (Wildman–Crippen MR) is 63.9 cm³/mol. The van der Waals surface area contributed by atoms with Gasteiger partial charge in [0, 0.05) is 24.7 Å². The van der Waals surface area contributed by atoms with Gasteiger partial charge in [-0.15, -0.1) is 0 Å². The summed E-state index contributed by atoms with van der Waals surface area (Å²) in [5.41, 5.74) is -0.430. The number of nitrogens with zero attached hydrogens (tertiary/aromatic N) is 2. The number of amides is 1. The third kappa shape index (κ3) is 3.05. The smallest absolute Gasteiger partial charge is 0.305 e. The van der Waals surface area contributed by atoms with Crippen LogP contribution in [0.25, 0.3) is 0 Å². The second kappa shape index (κ2) is 5.75. The molecular formula is C12H13FN2O4. The molecule has 1 aliphatic rings. The van der Waals surface area contributed by atoms with E-state index < -0.39 is 16.4 Å². The van der Waals surface area contributed by atoms with Gasteiger partial charge in [0.05, 0.1) is 24.6 Å². The van der Waals surface area contributed by atoms with Gasteiger partial charge in [0.1, 0.15) is 0 Å². The summed E-state index contributed by atoms with van der Waals surface area (Å²) >= 11 is 0. The summed E-state index contributed by atoms with van der Waals surface area (Å²) in [5, 5.41) is 10.7. The van der Waals surface area contributed by atoms with Crippen LogP contribution in [0.4, 0.5) is 10.1 Å². The molecular weight excluding hydrogens is 255 g/mol. The van der Waals surface area contributed by atoms with Crippen molar-refractivity contribution in [3.63, 3.8) is 0 Å². The van der Waals surface area contributed by atoms with Gasteiger partial charge in [-0.3, -0.25) is 14.9 Å². The van der Waals surface area contributed by atoms with Gasteiger partial charge < -0.3 is 9.64 Å². The maximum absolute atomic E-state index is 13.9. The summed E-state index contributed by atoms with van der Waals surface area (Å²) in [4.78, 5) is 23.1. The molecule has 1 aromatic rings. The van der Waals surface area contributed by atoms with E-state index in [-0.39, 0.29) is 24.4 Å². The number of carbonyl (C=O) groups is 1. The van der Waals surface area contributed by atoms with Crippen molar-refractivity contribution in [3.8, 4) is 0 Å². The third-order valence-corrected chi connectivity index (χ3v) is 2.93. The van der Waals surface area contributed by atoms with Gasteiger partial charge in [0.2, 0.25) is 11.7 Å². The van der Waals surface area contributed by atoms with Crippen molar-refractivity contribution in [3.05, 3.63) is 39.7 Å². The van der Waals surface area contributed by atoms with Crippen LogP contribution in [0.3, 0.4) is 0 Å². The third-order valence-electron chi connectivity index (χ3n) is 2.93. The van der Waals surface area contributed by atoms with E-state index >= 15 is 0 Å². The van der Waals surface area contributed by atoms with Crippen molar-refractivity contribution in [2.75, 3.05) is 19.8 Å². The molecule has 1 saturated heterocycles. The van der Waals surface area contributed by atoms with Crippen molar-refractivity contribution >= 4 is 11.6 Å². The number of halogens is 1. The molecule has 0 radical (unpaired) electrons. The molecule has 0 N–H and O–H groups in total. The Morgan fingerprint density at radius 1 is 1.42 bits per heavy atom. The minimum absolute atomic E-state index is 0.0235. The highest BCUT2D eigenvalue weighted by Crippen LogP contribution is 2.21. The minimum atomic E-state index is -0.884. The molecule has 1 heterocycles. The van der Waals surface area contributed by atoms with Crippen molar-refractivity contribution in [1.82, 2.24) is 4.90 Å². The first-order valence-corrected chi connectivity index (χ1v) is 5.87. The zero-order chi connectivity index (χ0) is 13.8. The largest absolute Gasteiger partial charge is 0.379 e. The Hall–Kier alpha value is -2.02. The van der Waals surface area contributed by atoms with E-state index in [0.29, 0.717) is 19.8 Å². The summed E-state index contributed by atoms with van der Waals surface area (Å²) < 4.78 is 19.1. The van der Waals surface area contributed by atoms with E-state index in [1.54, 1.807) is 0 Å². The first kappa shape index (κ1) is 13.4. The zero-order valence-electron chi connectivity index (χ0n) is 10.2. The number of ether oxygens (including phenoxy) is 1. The lowest BCUT2D eigenvalue weighted by Gasteiger charge is -2.20. The van der Waals surface area contributed by atoms with Crippen LogP contribution < -0.4 is 0 Å². The second-order valence-corrected chi connectivity index (χ2v) is 4.19. The highest BCUT2D eigenvalue weighted by atomic mass is 19.1. The van der Waals surface area contributed by atoms with Crippen LogP contribution >= 0.6 is 0 Å². The van der Waals surface area contributed by atoms with Crippen molar-refractivity contribution in [1.29, 1.82) is 0 Å². The maximum atomic E-state index is 13.9. The second-order valence-electron chi connectivity index (χ2n) is 4.19. The topological polar surface area (TPSA) is 72.7 Å². The van der Waals surface area contributed by atoms with Crippen molar-refractivity contribution in [2.45, 2.75) is 13.0 Å². The van der Waals surface area contributed by atoms with Crippen LogP contribution in [-0.4, -0.2) is 35.5 Å². The van der Waals surface area contributed by atoms with Gasteiger partial charge in [-0.2, -0.15) is 4.39 Å². The van der Waals surface area contributed by atoms with Crippen LogP contribution in [0.5, 0.6) is 0 Å². The van der Waals surface area contributed by atoms with Crippen LogP contribution in [-0.2, 0) is 16.1 Å². The molecule has 1 aromatic carbocycles. The summed E-state index contributed by atoms with van der Waals surface area (Å²) in [6.07, 6.45) is 0.247. The fourth-order valence-corrected chi connectivity index (χ4v) is 1.92. The predicted octanol–water partition coefficient (Wildman–Crippen LogP) is 1.48. The molecule has 0 spiro atoms. The Kier molecular flexibility index (Phi) is 4.06. The molecule has 0 aliphatic carbocycles. The average Bonchev–Trinajstić information content (AvgIpc) is 2.57. The van der Waals surface area contributed by atoms with E-state index in [2.05, 4.69) is 0 Å². The Bertz CT molecular complexity index is 507. The molecule has 19 heavy (non-hydrogen) atoms. The Morgan fingerprint density at radius 3 is 2.95 bits per heavy atom. The van der Waals surface area contributed by atoms with E-state index in [1.165, 1.54) is 17.0 Å². The molecule has 0 aromatic heterocycles. The molecule has 1 amide bonds. The summed E-state index contributed by atoms with van der Waals surface area (Å²) in [6, 6.07) is 3.96. The van der Waals surface area contributed by atoms with Gasteiger partial charge >= 0.3 is 5.69 Å². The zero-order valence-corrected chi connectivity index (χ0v) is 10.2. The Morgan fingerprint density at radius 2 is 2.21 bits per heavy atom. The van der Waals surface area contributed by atoms with Crippen LogP contribution in [0.2, 0.25) is 0 Å². The average molecular weight is 268 g/mol. The maximum Gasteiger partial charge on any atom is 0.305 e. The fourth-order valence-electron chi connectivity index (χ4n) is 1.92. The van der Waals surface area contributed by atoms with Crippen LogP contribution in [0.15, 0.2) is 18.2 Å². The summed E-state index contributed by atoms with van der Waals surface area (Å²) in [6.45, 7) is 1.13. The molecule has 0 unspecified atom stereocenters. The highest BCUT2D eigenvalue weighted by Gasteiger charge is 2.22. The highest BCUT2D eigenvalue weighted by molar-refractivity contribution is 5.76. The van der Waals surface area contributed by atoms with E-state index in [4.69, 9.17) is 4.74 Å². The molecule has 1 fully saturated rings. The Balaban J connectivity index is 2.20. The number of carbonyl (C=O) groups excluding carboxylic acids is 1. The van der Waals surface area contributed by atoms with Crippen molar-refractivity contribution in [2.24, 2.45) is 0 Å². The van der Waals surface area contributed by atoms with Gasteiger partial charge in [0.15, 0.2) is 0 Å². The van der Waals surface area contributed by atoms with E-state index in [1.807, 2.05) is 0 Å². The fraction of sp³-hybridized carbons (Fsp3) is 0.417. The van der Waals surface area contributed by atoms with Crippen molar-refractivity contribution < 1.29 is 18.8 Å². The van der Waals surface area contributed by atoms with Crippen LogP contribution in [0.1, 0.15) is 12.0 Å². The van der Waals surface area contributed by atoms with E-state index in [0.717, 1.165) is 6.07 Å². The molecule has 2 rings (SSSR count). The standard InChI is InChI=1S/C12H13FN2O4/c13-12-9(2-1-3-10(12)15(17)18)8-14-5-7-19-6-4-11(14)16/h1-3H,4-8H2. The summed E-state index contributed by atoms with van der Waals surface area (Å²) in [5.74, 6) is -1.02. The Labute approximate surface area is 108 Å². The summed E-state index contributed by atoms with van der Waals surface area (Å²) in [7, 11) is 0. The first-order valence-electron chi connectivity index (χ1n) is 5.87. The molecule has 0 bridgehead atoms. The number of hydrogen-bond acceptors (Lipinski definition) is 4. The lowest BCUT2D eigenvalue weighted by Crippen LogP contribution is -2.31. The van der Waals surface area contributed by atoms with Gasteiger partial charge in [-0.05, 0) is 0 Å². The quantitative estimate of drug-likeness (QED) is 0.615. The lowest BCUT2D eigenvalue weighted by molar-refractivity contribution is -0.387. The normalized spacial score (nSPS) is 16.3. The number of hydrogen-bond donors (Lipinski definition) is 0. The molecule has 0 atom stereocenters. The molecule has 6 nitrogen and oxygen atoms in total. The monoisotopic (exact) mass is 268 g/mol. The van der Waals surface area contributed by atoms with Gasteiger partial charge in [-0.1, -0.05) is 12.1 Å². The van der Waals surface area contributed by atoms with Crippen LogP contribution in [0, 0.1) is 15.9 Å². The number of nitro groups is 1. The first-order chi connectivity index (χ1) is 9.09. The SMILES string of the molecule is O=C1CCOCCN1Cc1cccc([N+](=O)[O-])c1F. The molecule has 7 heteroatoms.